The van der Waals surface area contributed by atoms with Crippen LogP contribution in [0.3, 0.4) is 0 Å². The molecule has 6 nitrogen and oxygen atoms in total. The standard InChI is InChI=1S/C21H29N3O3/c1-14(2)16-10-15(11-17-18(21(26)27)12-22(3)20(16)17)23(4)19(25)13-24-8-6-5-7-9-24/h10-12,14H,5-9,13H2,1-4H3,(H,26,27). The summed E-state index contributed by atoms with van der Waals surface area (Å²) in [6.45, 7) is 6.52. The van der Waals surface area contributed by atoms with Gasteiger partial charge in [0.2, 0.25) is 5.91 Å². The third-order valence-electron chi connectivity index (χ3n) is 5.51. The summed E-state index contributed by atoms with van der Waals surface area (Å²) in [4.78, 5) is 28.4. The average Bonchev–Trinajstić information content (AvgIpc) is 2.98. The van der Waals surface area contributed by atoms with Crippen molar-refractivity contribution in [2.45, 2.75) is 39.0 Å². The number of likely N-dealkylation sites (N-methyl/N-ethyl adjacent to an activating group) is 1. The smallest absolute Gasteiger partial charge is 0.337 e. The molecule has 146 valence electrons. The van der Waals surface area contributed by atoms with E-state index in [1.165, 1.54) is 6.42 Å². The second kappa shape index (κ2) is 7.72. The lowest BCUT2D eigenvalue weighted by Gasteiger charge is -2.28. The number of nitrogens with zero attached hydrogens (tertiary/aromatic N) is 3. The van der Waals surface area contributed by atoms with Crippen LogP contribution in [0.25, 0.3) is 10.9 Å². The molecule has 1 aromatic heterocycles. The van der Waals surface area contributed by atoms with E-state index in [1.54, 1.807) is 18.1 Å². The number of amides is 1. The number of anilines is 1. The predicted molar refractivity (Wildman–Crippen MR) is 108 cm³/mol. The highest BCUT2D eigenvalue weighted by Crippen LogP contribution is 2.33. The number of hydrogen-bond donors (Lipinski definition) is 1. The first-order chi connectivity index (χ1) is 12.8. The maximum atomic E-state index is 12.8. The van der Waals surface area contributed by atoms with Gasteiger partial charge in [-0.2, -0.15) is 0 Å². The molecule has 3 rings (SSSR count). The zero-order chi connectivity index (χ0) is 19.7. The molecule has 0 saturated carbocycles. The van der Waals surface area contributed by atoms with Gasteiger partial charge in [0.1, 0.15) is 0 Å². The molecule has 0 spiro atoms. The highest BCUT2D eigenvalue weighted by molar-refractivity contribution is 6.07. The van der Waals surface area contributed by atoms with Gasteiger partial charge in [-0.15, -0.1) is 0 Å². The minimum absolute atomic E-state index is 0.0405. The fraction of sp³-hybridized carbons (Fsp3) is 0.524. The van der Waals surface area contributed by atoms with E-state index in [4.69, 9.17) is 0 Å². The number of carboxylic acids is 1. The van der Waals surface area contributed by atoms with Crippen molar-refractivity contribution in [2.24, 2.45) is 7.05 Å². The van der Waals surface area contributed by atoms with Crippen LogP contribution in [0, 0.1) is 0 Å². The molecule has 2 aromatic rings. The van der Waals surface area contributed by atoms with Crippen LogP contribution < -0.4 is 4.90 Å². The van der Waals surface area contributed by atoms with Gasteiger partial charge in [-0.3, -0.25) is 9.69 Å². The molecule has 1 aromatic carbocycles. The molecule has 1 saturated heterocycles. The van der Waals surface area contributed by atoms with E-state index in [2.05, 4.69) is 18.7 Å². The first kappa shape index (κ1) is 19.4. The average molecular weight is 371 g/mol. The Labute approximate surface area is 160 Å². The molecular formula is C21H29N3O3. The highest BCUT2D eigenvalue weighted by Gasteiger charge is 2.22. The molecule has 0 atom stereocenters. The molecule has 6 heteroatoms. The van der Waals surface area contributed by atoms with Crippen molar-refractivity contribution in [1.82, 2.24) is 9.47 Å². The zero-order valence-electron chi connectivity index (χ0n) is 16.7. The van der Waals surface area contributed by atoms with E-state index >= 15 is 0 Å². The second-order valence-electron chi connectivity index (χ2n) is 7.83. The van der Waals surface area contributed by atoms with Gasteiger partial charge in [0, 0.05) is 31.4 Å². The Morgan fingerprint density at radius 3 is 2.44 bits per heavy atom. The van der Waals surface area contributed by atoms with Crippen LogP contribution in [-0.4, -0.2) is 53.1 Å². The van der Waals surface area contributed by atoms with Crippen molar-refractivity contribution in [2.75, 3.05) is 31.6 Å². The van der Waals surface area contributed by atoms with Gasteiger partial charge in [0.25, 0.3) is 0 Å². The largest absolute Gasteiger partial charge is 0.478 e. The Morgan fingerprint density at radius 2 is 1.85 bits per heavy atom. The molecule has 0 unspecified atom stereocenters. The van der Waals surface area contributed by atoms with Crippen molar-refractivity contribution >= 4 is 28.5 Å². The summed E-state index contributed by atoms with van der Waals surface area (Å²) in [6, 6.07) is 3.85. The molecule has 1 aliphatic rings. The van der Waals surface area contributed by atoms with Crippen LogP contribution in [0.1, 0.15) is 54.9 Å². The van der Waals surface area contributed by atoms with Gasteiger partial charge >= 0.3 is 5.97 Å². The molecule has 1 fully saturated rings. The molecule has 1 amide bonds. The lowest BCUT2D eigenvalue weighted by molar-refractivity contribution is -0.119. The topological polar surface area (TPSA) is 65.8 Å². The van der Waals surface area contributed by atoms with Crippen molar-refractivity contribution in [3.8, 4) is 0 Å². The fourth-order valence-electron chi connectivity index (χ4n) is 3.93. The van der Waals surface area contributed by atoms with Crippen molar-refractivity contribution in [3.05, 3.63) is 29.5 Å². The van der Waals surface area contributed by atoms with Gasteiger partial charge in [0.15, 0.2) is 0 Å². The summed E-state index contributed by atoms with van der Waals surface area (Å²) < 4.78 is 1.87. The number of aromatic nitrogens is 1. The molecule has 2 heterocycles. The molecule has 0 radical (unpaired) electrons. The van der Waals surface area contributed by atoms with Gasteiger partial charge < -0.3 is 14.6 Å². The van der Waals surface area contributed by atoms with E-state index in [9.17, 15) is 14.7 Å². The number of hydrogen-bond acceptors (Lipinski definition) is 3. The van der Waals surface area contributed by atoms with Crippen LogP contribution in [0.4, 0.5) is 5.69 Å². The van der Waals surface area contributed by atoms with Gasteiger partial charge in [0.05, 0.1) is 17.6 Å². The quantitative estimate of drug-likeness (QED) is 0.874. The Morgan fingerprint density at radius 1 is 1.19 bits per heavy atom. The first-order valence-corrected chi connectivity index (χ1v) is 9.64. The lowest BCUT2D eigenvalue weighted by Crippen LogP contribution is -2.40. The lowest BCUT2D eigenvalue weighted by atomic mass is 9.98. The van der Waals surface area contributed by atoms with Crippen molar-refractivity contribution in [3.63, 3.8) is 0 Å². The number of piperidine rings is 1. The van der Waals surface area contributed by atoms with E-state index in [1.807, 2.05) is 23.7 Å². The third-order valence-corrected chi connectivity index (χ3v) is 5.51. The fourth-order valence-corrected chi connectivity index (χ4v) is 3.93. The summed E-state index contributed by atoms with van der Waals surface area (Å²) in [5, 5.41) is 10.3. The Kier molecular flexibility index (Phi) is 5.56. The second-order valence-corrected chi connectivity index (χ2v) is 7.83. The van der Waals surface area contributed by atoms with E-state index in [0.717, 1.165) is 42.7 Å². The van der Waals surface area contributed by atoms with E-state index in [-0.39, 0.29) is 17.4 Å². The minimum atomic E-state index is -0.949. The number of likely N-dealkylation sites (tertiary alicyclic amines) is 1. The summed E-state index contributed by atoms with van der Waals surface area (Å²) in [7, 11) is 3.65. The van der Waals surface area contributed by atoms with Crippen molar-refractivity contribution < 1.29 is 14.7 Å². The first-order valence-electron chi connectivity index (χ1n) is 9.64. The zero-order valence-corrected chi connectivity index (χ0v) is 16.7. The molecule has 1 N–H and O–H groups in total. The number of carboxylic acid groups (broad SMARTS) is 1. The number of carbonyl (C=O) groups is 2. The van der Waals surface area contributed by atoms with Crippen LogP contribution in [0.5, 0.6) is 0 Å². The monoisotopic (exact) mass is 371 g/mol. The van der Waals surface area contributed by atoms with Crippen LogP contribution in [-0.2, 0) is 11.8 Å². The molecule has 27 heavy (non-hydrogen) atoms. The Balaban J connectivity index is 1.99. The molecule has 1 aliphatic heterocycles. The Hall–Kier alpha value is -2.34. The maximum Gasteiger partial charge on any atom is 0.337 e. The van der Waals surface area contributed by atoms with Crippen LogP contribution in [0.15, 0.2) is 18.3 Å². The van der Waals surface area contributed by atoms with Gasteiger partial charge in [-0.1, -0.05) is 20.3 Å². The van der Waals surface area contributed by atoms with Crippen LogP contribution >= 0.6 is 0 Å². The number of aryl methyl sites for hydroxylation is 1. The van der Waals surface area contributed by atoms with Gasteiger partial charge in [-0.25, -0.2) is 4.79 Å². The van der Waals surface area contributed by atoms with E-state index < -0.39 is 5.97 Å². The maximum absolute atomic E-state index is 12.8. The summed E-state index contributed by atoms with van der Waals surface area (Å²) in [6.07, 6.45) is 5.18. The number of benzene rings is 1. The SMILES string of the molecule is CC(C)c1cc(N(C)C(=O)CN2CCCCC2)cc2c(C(=O)O)cn(C)c12. The van der Waals surface area contributed by atoms with Crippen molar-refractivity contribution in [1.29, 1.82) is 0 Å². The summed E-state index contributed by atoms with van der Waals surface area (Å²) in [5.74, 6) is -0.693. The molecule has 0 aliphatic carbocycles. The van der Waals surface area contributed by atoms with Crippen LogP contribution in [0.2, 0.25) is 0 Å². The number of aromatic carboxylic acids is 1. The predicted octanol–water partition coefficient (Wildman–Crippen LogP) is 3.45. The van der Waals surface area contributed by atoms with Gasteiger partial charge in [-0.05, 0) is 49.5 Å². The number of carbonyl (C=O) groups excluding carboxylic acids is 1. The molecule has 0 bridgehead atoms. The minimum Gasteiger partial charge on any atom is -0.478 e. The van der Waals surface area contributed by atoms with E-state index in [0.29, 0.717) is 11.9 Å². The summed E-state index contributed by atoms with van der Waals surface area (Å²) in [5.41, 5.74) is 2.99. The number of rotatable bonds is 5. The number of fused-ring (bicyclic) bond motifs is 1. The molecular weight excluding hydrogens is 342 g/mol. The normalized spacial score (nSPS) is 15.4. The highest BCUT2D eigenvalue weighted by atomic mass is 16.4. The Bertz CT molecular complexity index is 863. The summed E-state index contributed by atoms with van der Waals surface area (Å²) >= 11 is 0. The third kappa shape index (κ3) is 3.86.